The van der Waals surface area contributed by atoms with Gasteiger partial charge in [0.15, 0.2) is 14.9 Å². The Kier molecular flexibility index (Phi) is 6.35. The Bertz CT molecular complexity index is 951. The van der Waals surface area contributed by atoms with Gasteiger partial charge >= 0.3 is 0 Å². The molecule has 0 bridgehead atoms. The molecule has 2 aromatic rings. The second-order valence-corrected chi connectivity index (χ2v) is 9.58. The monoisotopic (exact) mass is 418 g/mol. The van der Waals surface area contributed by atoms with Crippen LogP contribution in [0.25, 0.3) is 0 Å². The lowest BCUT2D eigenvalue weighted by atomic mass is 10.1. The first kappa shape index (κ1) is 20.7. The molecule has 1 N–H and O–H groups in total. The predicted molar refractivity (Wildman–Crippen MR) is 98.3 cm³/mol. The van der Waals surface area contributed by atoms with E-state index >= 15 is 0 Å². The van der Waals surface area contributed by atoms with Crippen molar-refractivity contribution >= 4 is 32.3 Å². The molecule has 2 aromatic heterocycles. The molecule has 0 aliphatic carbocycles. The Morgan fingerprint density at radius 1 is 1.15 bits per heavy atom. The Labute approximate surface area is 159 Å². The topological polar surface area (TPSA) is 109 Å². The lowest BCUT2D eigenvalue weighted by Gasteiger charge is -2.35. The maximum atomic E-state index is 13.0. The van der Waals surface area contributed by atoms with E-state index in [0.29, 0.717) is 19.6 Å². The van der Waals surface area contributed by atoms with Crippen LogP contribution < -0.4 is 5.32 Å². The average molecular weight is 419 g/mol. The van der Waals surface area contributed by atoms with E-state index in [9.17, 15) is 16.8 Å². The summed E-state index contributed by atoms with van der Waals surface area (Å²) < 4.78 is 50.4. The van der Waals surface area contributed by atoms with Gasteiger partial charge in [0.1, 0.15) is 4.90 Å². The highest BCUT2D eigenvalue weighted by Crippen LogP contribution is 2.28. The summed E-state index contributed by atoms with van der Waals surface area (Å²) in [6.07, 6.45) is 5.39. The molecule has 0 amide bonds. The molecule has 0 aromatic carbocycles. The number of aromatic nitrogens is 2. The van der Waals surface area contributed by atoms with Crippen molar-refractivity contribution in [1.29, 1.82) is 0 Å². The predicted octanol–water partition coefficient (Wildman–Crippen LogP) is 0.637. The van der Waals surface area contributed by atoms with Crippen molar-refractivity contribution in [3.8, 4) is 0 Å². The first-order valence-corrected chi connectivity index (χ1v) is 10.9. The summed E-state index contributed by atoms with van der Waals surface area (Å²) in [5.74, 6) is 0. The average Bonchev–Trinajstić information content (AvgIpc) is 2.62. The van der Waals surface area contributed by atoms with E-state index in [0.717, 1.165) is 18.0 Å². The molecule has 0 radical (unpaired) electrons. The van der Waals surface area contributed by atoms with Crippen LogP contribution in [-0.2, 0) is 19.9 Å². The van der Waals surface area contributed by atoms with Crippen molar-refractivity contribution in [2.45, 2.75) is 16.0 Å². The van der Waals surface area contributed by atoms with Crippen LogP contribution in [0.3, 0.4) is 0 Å². The van der Waals surface area contributed by atoms with Gasteiger partial charge in [-0.3, -0.25) is 4.98 Å². The van der Waals surface area contributed by atoms with E-state index in [1.165, 1.54) is 16.4 Å². The van der Waals surface area contributed by atoms with E-state index in [4.69, 9.17) is 0 Å². The molecule has 3 heterocycles. The van der Waals surface area contributed by atoms with Gasteiger partial charge in [-0.15, -0.1) is 12.4 Å². The summed E-state index contributed by atoms with van der Waals surface area (Å²) in [4.78, 5) is 7.81. The van der Waals surface area contributed by atoms with Gasteiger partial charge in [0.05, 0.1) is 6.04 Å². The number of piperazine rings is 1. The minimum absolute atomic E-state index is 0. The van der Waals surface area contributed by atoms with Crippen LogP contribution in [0.5, 0.6) is 0 Å². The number of pyridine rings is 2. The Hall–Kier alpha value is -1.59. The number of rotatable bonds is 4. The molecule has 3 rings (SSSR count). The zero-order valence-electron chi connectivity index (χ0n) is 13.9. The van der Waals surface area contributed by atoms with Gasteiger partial charge in [-0.25, -0.2) is 21.8 Å². The first-order chi connectivity index (χ1) is 11.8. The van der Waals surface area contributed by atoms with Crippen LogP contribution in [0.1, 0.15) is 11.6 Å². The smallest absolute Gasteiger partial charge is 0.245 e. The molecule has 26 heavy (non-hydrogen) atoms. The van der Waals surface area contributed by atoms with Crippen molar-refractivity contribution in [2.75, 3.05) is 25.9 Å². The molecule has 0 saturated carbocycles. The number of nitrogens with zero attached hydrogens (tertiary/aromatic N) is 3. The van der Waals surface area contributed by atoms with E-state index in [2.05, 4.69) is 15.3 Å². The van der Waals surface area contributed by atoms with Gasteiger partial charge in [0.25, 0.3) is 0 Å². The quantitative estimate of drug-likeness (QED) is 0.775. The lowest BCUT2D eigenvalue weighted by molar-refractivity contribution is 0.271. The first-order valence-electron chi connectivity index (χ1n) is 7.59. The van der Waals surface area contributed by atoms with Gasteiger partial charge in [-0.2, -0.15) is 4.31 Å². The summed E-state index contributed by atoms with van der Waals surface area (Å²) in [7, 11) is -7.29. The largest absolute Gasteiger partial charge is 0.313 e. The van der Waals surface area contributed by atoms with E-state index in [1.54, 1.807) is 18.5 Å². The van der Waals surface area contributed by atoms with Gasteiger partial charge < -0.3 is 5.32 Å². The van der Waals surface area contributed by atoms with E-state index in [-0.39, 0.29) is 28.4 Å². The Balaban J connectivity index is 0.00000243. The fourth-order valence-corrected chi connectivity index (χ4v) is 4.82. The Morgan fingerprint density at radius 2 is 1.92 bits per heavy atom. The molecule has 11 heteroatoms. The van der Waals surface area contributed by atoms with Crippen LogP contribution in [0.2, 0.25) is 0 Å². The lowest BCUT2D eigenvalue weighted by Crippen LogP contribution is -2.48. The zero-order valence-corrected chi connectivity index (χ0v) is 16.4. The van der Waals surface area contributed by atoms with Crippen LogP contribution in [0.4, 0.5) is 0 Å². The maximum absolute atomic E-state index is 13.0. The van der Waals surface area contributed by atoms with Gasteiger partial charge in [0, 0.05) is 44.5 Å². The summed E-state index contributed by atoms with van der Waals surface area (Å²) in [6.45, 7) is 1.31. The van der Waals surface area contributed by atoms with E-state index in [1.807, 2.05) is 6.07 Å². The van der Waals surface area contributed by atoms with Crippen molar-refractivity contribution in [1.82, 2.24) is 19.6 Å². The van der Waals surface area contributed by atoms with Crippen molar-refractivity contribution < 1.29 is 16.8 Å². The second-order valence-electron chi connectivity index (χ2n) is 5.73. The third kappa shape index (κ3) is 4.21. The maximum Gasteiger partial charge on any atom is 0.245 e. The third-order valence-corrected chi connectivity index (χ3v) is 6.85. The van der Waals surface area contributed by atoms with Gasteiger partial charge in [-0.05, 0) is 23.8 Å². The summed E-state index contributed by atoms with van der Waals surface area (Å²) in [5, 5.41) is 3.03. The van der Waals surface area contributed by atoms with Crippen LogP contribution in [-0.4, -0.2) is 57.0 Å². The van der Waals surface area contributed by atoms with Crippen LogP contribution in [0, 0.1) is 0 Å². The standard InChI is InChI=1S/C15H18N4O4S2.ClH/c1-24(20,21)15-5-4-13(10-18-15)25(22,23)19-8-7-17-11-14(19)12-3-2-6-16-9-12;/h2-6,9-10,14,17H,7-8,11H2,1H3;1H. The normalized spacial score (nSPS) is 18.9. The zero-order chi connectivity index (χ0) is 18.1. The second kappa shape index (κ2) is 7.97. The van der Waals surface area contributed by atoms with Crippen molar-refractivity contribution in [3.63, 3.8) is 0 Å². The highest BCUT2D eigenvalue weighted by atomic mass is 35.5. The van der Waals surface area contributed by atoms with Gasteiger partial charge in [-0.1, -0.05) is 6.07 Å². The number of hydrogen-bond acceptors (Lipinski definition) is 7. The van der Waals surface area contributed by atoms with Crippen LogP contribution >= 0.6 is 12.4 Å². The minimum atomic E-state index is -3.81. The fraction of sp³-hybridized carbons (Fsp3) is 0.333. The fourth-order valence-electron chi connectivity index (χ4n) is 2.70. The summed E-state index contributed by atoms with van der Waals surface area (Å²) in [6, 6.07) is 5.70. The summed E-state index contributed by atoms with van der Waals surface area (Å²) in [5.41, 5.74) is 0.791. The Morgan fingerprint density at radius 3 is 2.50 bits per heavy atom. The van der Waals surface area contributed by atoms with Crippen molar-refractivity contribution in [3.05, 3.63) is 48.4 Å². The molecule has 1 unspecified atom stereocenters. The van der Waals surface area contributed by atoms with Crippen molar-refractivity contribution in [2.24, 2.45) is 0 Å². The number of sulfone groups is 1. The molecule has 1 aliphatic heterocycles. The van der Waals surface area contributed by atoms with Crippen LogP contribution in [0.15, 0.2) is 52.8 Å². The molecule has 8 nitrogen and oxygen atoms in total. The molecule has 142 valence electrons. The molecule has 0 spiro atoms. The highest BCUT2D eigenvalue weighted by Gasteiger charge is 2.34. The number of nitrogens with one attached hydrogen (secondary N) is 1. The van der Waals surface area contributed by atoms with Gasteiger partial charge in [0.2, 0.25) is 10.0 Å². The summed E-state index contributed by atoms with van der Waals surface area (Å²) >= 11 is 0. The molecular formula is C15H19ClN4O4S2. The molecule has 1 aliphatic rings. The third-order valence-electron chi connectivity index (χ3n) is 3.96. The minimum Gasteiger partial charge on any atom is -0.313 e. The molecule has 1 fully saturated rings. The SMILES string of the molecule is CS(=O)(=O)c1ccc(S(=O)(=O)N2CCNCC2c2cccnc2)cn1.Cl. The van der Waals surface area contributed by atoms with E-state index < -0.39 is 19.9 Å². The molecular weight excluding hydrogens is 400 g/mol. The number of hydrogen-bond donors (Lipinski definition) is 1. The number of halogens is 1. The molecule has 1 saturated heterocycles. The highest BCUT2D eigenvalue weighted by molar-refractivity contribution is 7.90. The number of sulfonamides is 1. The molecule has 1 atom stereocenters.